The summed E-state index contributed by atoms with van der Waals surface area (Å²) in [6.07, 6.45) is 3.74. The standard InChI is InChI=1S/C23H30N6/c1-17(2)27-28-21-10-8-20(9-11-21)23(25)26-22(15-24)29-13-12-19(16-29)14-18-6-4-3-5-7-18/h3-11,15,19,28H,12-14,16,24H2,1-2H3,(H2,25,26)/b22-15+. The monoisotopic (exact) mass is 390 g/mol. The van der Waals surface area contributed by atoms with Crippen LogP contribution >= 0.6 is 0 Å². The third kappa shape index (κ3) is 5.85. The lowest BCUT2D eigenvalue weighted by Crippen LogP contribution is -2.23. The summed E-state index contributed by atoms with van der Waals surface area (Å²) in [5.74, 6) is 1.78. The highest BCUT2D eigenvalue weighted by Crippen LogP contribution is 2.24. The first kappa shape index (κ1) is 20.5. The summed E-state index contributed by atoms with van der Waals surface area (Å²) in [7, 11) is 0. The maximum Gasteiger partial charge on any atom is 0.146 e. The lowest BCUT2D eigenvalue weighted by atomic mass is 9.99. The molecule has 3 rings (SSSR count). The third-order valence-corrected chi connectivity index (χ3v) is 4.95. The average Bonchev–Trinajstić information content (AvgIpc) is 3.19. The predicted octanol–water partition coefficient (Wildman–Crippen LogP) is 3.52. The van der Waals surface area contributed by atoms with E-state index in [0.29, 0.717) is 11.8 Å². The van der Waals surface area contributed by atoms with Crippen LogP contribution in [0, 0.1) is 5.92 Å². The molecule has 1 saturated heterocycles. The van der Waals surface area contributed by atoms with Gasteiger partial charge in [0.15, 0.2) is 0 Å². The van der Waals surface area contributed by atoms with Crippen molar-refractivity contribution >= 4 is 17.2 Å². The molecule has 0 amide bonds. The van der Waals surface area contributed by atoms with Gasteiger partial charge in [0.1, 0.15) is 11.7 Å². The molecule has 1 aliphatic heterocycles. The van der Waals surface area contributed by atoms with Crippen LogP contribution in [0.1, 0.15) is 31.4 Å². The highest BCUT2D eigenvalue weighted by Gasteiger charge is 2.24. The van der Waals surface area contributed by atoms with Crippen molar-refractivity contribution in [3.05, 3.63) is 77.7 Å². The van der Waals surface area contributed by atoms with Gasteiger partial charge in [-0.15, -0.1) is 0 Å². The highest BCUT2D eigenvalue weighted by atomic mass is 15.3. The number of rotatable bonds is 7. The Kier molecular flexibility index (Phi) is 6.89. The molecule has 1 fully saturated rings. The summed E-state index contributed by atoms with van der Waals surface area (Å²) in [5, 5.41) is 4.19. The number of nitrogens with two attached hydrogens (primary N) is 2. The Morgan fingerprint density at radius 3 is 2.52 bits per heavy atom. The molecular weight excluding hydrogens is 360 g/mol. The lowest BCUT2D eigenvalue weighted by Gasteiger charge is -2.19. The Hall–Kier alpha value is -3.28. The number of anilines is 1. The van der Waals surface area contributed by atoms with Gasteiger partial charge in [0.05, 0.1) is 5.69 Å². The molecule has 0 aromatic heterocycles. The van der Waals surface area contributed by atoms with Crippen LogP contribution < -0.4 is 16.9 Å². The van der Waals surface area contributed by atoms with Gasteiger partial charge in [-0.2, -0.15) is 5.10 Å². The molecule has 6 heteroatoms. The number of benzene rings is 2. The minimum absolute atomic E-state index is 0.454. The summed E-state index contributed by atoms with van der Waals surface area (Å²) < 4.78 is 0. The summed E-state index contributed by atoms with van der Waals surface area (Å²) in [6, 6.07) is 18.3. The molecule has 1 atom stereocenters. The van der Waals surface area contributed by atoms with E-state index < -0.39 is 0 Å². The predicted molar refractivity (Wildman–Crippen MR) is 122 cm³/mol. The summed E-state index contributed by atoms with van der Waals surface area (Å²) >= 11 is 0. The second-order valence-electron chi connectivity index (χ2n) is 7.56. The van der Waals surface area contributed by atoms with E-state index >= 15 is 0 Å². The van der Waals surface area contributed by atoms with Gasteiger partial charge in [-0.3, -0.25) is 5.43 Å². The van der Waals surface area contributed by atoms with Crippen LogP contribution in [0.4, 0.5) is 5.69 Å². The number of aliphatic imine (C=N–C) groups is 1. The molecule has 1 unspecified atom stereocenters. The fraction of sp³-hybridized carbons (Fsp3) is 0.304. The summed E-state index contributed by atoms with van der Waals surface area (Å²) in [6.45, 7) is 5.76. The van der Waals surface area contributed by atoms with Gasteiger partial charge in [0.2, 0.25) is 0 Å². The smallest absolute Gasteiger partial charge is 0.146 e. The number of nitrogens with zero attached hydrogens (tertiary/aromatic N) is 3. The first-order valence-electron chi connectivity index (χ1n) is 9.97. The molecule has 1 aliphatic rings. The molecule has 6 nitrogen and oxygen atoms in total. The van der Waals surface area contributed by atoms with E-state index in [-0.39, 0.29) is 0 Å². The molecule has 29 heavy (non-hydrogen) atoms. The molecule has 152 valence electrons. The maximum absolute atomic E-state index is 6.25. The minimum atomic E-state index is 0.454. The van der Waals surface area contributed by atoms with Crippen LogP contribution in [0.3, 0.4) is 0 Å². The van der Waals surface area contributed by atoms with Gasteiger partial charge in [-0.05, 0) is 62.4 Å². The number of hydrogen-bond donors (Lipinski definition) is 3. The van der Waals surface area contributed by atoms with E-state index in [9.17, 15) is 0 Å². The number of likely N-dealkylation sites (tertiary alicyclic amines) is 1. The number of amidine groups is 1. The Labute approximate surface area is 173 Å². The topological polar surface area (TPSA) is 92.0 Å². The van der Waals surface area contributed by atoms with Crippen molar-refractivity contribution in [1.29, 1.82) is 0 Å². The van der Waals surface area contributed by atoms with Crippen LogP contribution in [0.25, 0.3) is 0 Å². The molecule has 0 aliphatic carbocycles. The normalized spacial score (nSPS) is 17.3. The van der Waals surface area contributed by atoms with Crippen molar-refractivity contribution in [3.63, 3.8) is 0 Å². The van der Waals surface area contributed by atoms with Crippen LogP contribution in [-0.2, 0) is 6.42 Å². The first-order chi connectivity index (χ1) is 14.0. The second kappa shape index (κ2) is 9.78. The summed E-state index contributed by atoms with van der Waals surface area (Å²) in [5.41, 5.74) is 19.2. The number of hydrazone groups is 1. The molecule has 5 N–H and O–H groups in total. The van der Waals surface area contributed by atoms with Gasteiger partial charge >= 0.3 is 0 Å². The van der Waals surface area contributed by atoms with Crippen LogP contribution in [0.15, 0.2) is 76.7 Å². The third-order valence-electron chi connectivity index (χ3n) is 4.95. The van der Waals surface area contributed by atoms with Crippen molar-refractivity contribution < 1.29 is 0 Å². The molecule has 0 spiro atoms. The largest absolute Gasteiger partial charge is 0.402 e. The zero-order valence-corrected chi connectivity index (χ0v) is 17.2. The maximum atomic E-state index is 6.25. The highest BCUT2D eigenvalue weighted by molar-refractivity contribution is 5.98. The molecule has 2 aromatic rings. The van der Waals surface area contributed by atoms with E-state index in [1.54, 1.807) is 6.20 Å². The Morgan fingerprint density at radius 2 is 1.86 bits per heavy atom. The minimum Gasteiger partial charge on any atom is -0.402 e. The molecule has 0 radical (unpaired) electrons. The molecular formula is C23H30N6. The van der Waals surface area contributed by atoms with Crippen LogP contribution in [0.5, 0.6) is 0 Å². The van der Waals surface area contributed by atoms with Gasteiger partial charge < -0.3 is 16.4 Å². The SMILES string of the molecule is CC(C)=NNc1ccc(/C(N)=N/C(=C\N)N2CCC(Cc3ccccc3)C2)cc1. The first-order valence-corrected chi connectivity index (χ1v) is 9.97. The second-order valence-corrected chi connectivity index (χ2v) is 7.56. The van der Waals surface area contributed by atoms with Gasteiger partial charge in [0.25, 0.3) is 0 Å². The van der Waals surface area contributed by atoms with E-state index in [4.69, 9.17) is 11.5 Å². The quantitative estimate of drug-likeness (QED) is 0.383. The molecule has 0 saturated carbocycles. The van der Waals surface area contributed by atoms with E-state index in [2.05, 4.69) is 50.8 Å². The zero-order chi connectivity index (χ0) is 20.6. The van der Waals surface area contributed by atoms with Crippen LogP contribution in [0.2, 0.25) is 0 Å². The van der Waals surface area contributed by atoms with Crippen molar-refractivity contribution in [3.8, 4) is 0 Å². The Balaban J connectivity index is 1.62. The van der Waals surface area contributed by atoms with E-state index in [1.807, 2.05) is 38.1 Å². The number of nitrogens with one attached hydrogen (secondary N) is 1. The number of hydrogen-bond acceptors (Lipinski definition) is 5. The summed E-state index contributed by atoms with van der Waals surface area (Å²) in [4.78, 5) is 6.82. The van der Waals surface area contributed by atoms with Crippen molar-refractivity contribution in [1.82, 2.24) is 4.90 Å². The van der Waals surface area contributed by atoms with Gasteiger partial charge in [0, 0.05) is 30.6 Å². The molecule has 1 heterocycles. The Bertz CT molecular complexity index is 879. The van der Waals surface area contributed by atoms with E-state index in [0.717, 1.165) is 48.7 Å². The van der Waals surface area contributed by atoms with E-state index in [1.165, 1.54) is 5.56 Å². The fourth-order valence-corrected chi connectivity index (χ4v) is 3.45. The van der Waals surface area contributed by atoms with Crippen molar-refractivity contribution in [2.75, 3.05) is 18.5 Å². The Morgan fingerprint density at radius 1 is 1.14 bits per heavy atom. The lowest BCUT2D eigenvalue weighted by molar-refractivity contribution is 0.398. The van der Waals surface area contributed by atoms with Crippen molar-refractivity contribution in [2.45, 2.75) is 26.7 Å². The molecule has 0 bridgehead atoms. The van der Waals surface area contributed by atoms with Gasteiger partial charge in [-0.1, -0.05) is 30.3 Å². The zero-order valence-electron chi connectivity index (χ0n) is 17.2. The fourth-order valence-electron chi connectivity index (χ4n) is 3.45. The van der Waals surface area contributed by atoms with Gasteiger partial charge in [-0.25, -0.2) is 4.99 Å². The van der Waals surface area contributed by atoms with Crippen molar-refractivity contribution in [2.24, 2.45) is 27.5 Å². The van der Waals surface area contributed by atoms with Crippen LogP contribution in [-0.4, -0.2) is 29.5 Å². The average molecular weight is 391 g/mol. The molecule has 2 aromatic carbocycles.